The number of hydrogen-bond donors (Lipinski definition) is 1. The van der Waals surface area contributed by atoms with E-state index < -0.39 is 0 Å². The number of thiocarbonyl (C=S) groups is 1. The number of para-hydroxylation sites is 1. The Bertz CT molecular complexity index is 1670. The zero-order valence-corrected chi connectivity index (χ0v) is 24.4. The lowest BCUT2D eigenvalue weighted by molar-refractivity contribution is 0.413. The molecule has 2 aromatic heterocycles. The molecule has 5 aromatic rings. The molecule has 7 heteroatoms. The van der Waals surface area contributed by atoms with Crippen molar-refractivity contribution in [1.29, 1.82) is 0 Å². The summed E-state index contributed by atoms with van der Waals surface area (Å²) in [7, 11) is 1.65. The Morgan fingerprint density at radius 1 is 0.732 bits per heavy atom. The molecule has 0 saturated carbocycles. The fourth-order valence-corrected chi connectivity index (χ4v) is 6.13. The first-order chi connectivity index (χ1) is 20.0. The fourth-order valence-electron chi connectivity index (χ4n) is 5.79. The van der Waals surface area contributed by atoms with Crippen molar-refractivity contribution in [2.45, 2.75) is 32.9 Å². The van der Waals surface area contributed by atoms with E-state index in [0.29, 0.717) is 5.11 Å². The van der Waals surface area contributed by atoms with Crippen LogP contribution in [0.3, 0.4) is 0 Å². The molecule has 0 spiro atoms. The molecular weight excluding hydrogens is 528 g/mol. The van der Waals surface area contributed by atoms with Gasteiger partial charge in [0.05, 0.1) is 24.9 Å². The summed E-state index contributed by atoms with van der Waals surface area (Å²) < 4.78 is 13.7. The zero-order valence-electron chi connectivity index (χ0n) is 23.5. The predicted molar refractivity (Wildman–Crippen MR) is 167 cm³/mol. The Morgan fingerprint density at radius 3 is 2.00 bits per heavy atom. The smallest absolute Gasteiger partial charge is 0.174 e. The minimum absolute atomic E-state index is 0.102. The Labute approximate surface area is 246 Å². The summed E-state index contributed by atoms with van der Waals surface area (Å²) in [5, 5.41) is 4.26. The van der Waals surface area contributed by atoms with Crippen LogP contribution in [0.1, 0.15) is 40.3 Å². The fraction of sp³-hybridized carbons (Fsp3) is 0.176. The van der Waals surface area contributed by atoms with Crippen molar-refractivity contribution >= 4 is 23.0 Å². The number of anilines is 1. The third-order valence-corrected chi connectivity index (χ3v) is 8.14. The number of benzene rings is 3. The number of aromatic nitrogens is 2. The average molecular weight is 561 g/mol. The molecule has 0 aliphatic carbocycles. The molecule has 41 heavy (non-hydrogen) atoms. The van der Waals surface area contributed by atoms with Gasteiger partial charge in [0.2, 0.25) is 0 Å². The molecule has 2 atom stereocenters. The minimum atomic E-state index is -0.123. The Kier molecular flexibility index (Phi) is 7.20. The normalized spacial score (nSPS) is 16.5. The number of ether oxygens (including phenoxy) is 2. The molecule has 6 nitrogen and oxygen atoms in total. The maximum atomic E-state index is 6.09. The van der Waals surface area contributed by atoms with Crippen LogP contribution in [0.4, 0.5) is 5.69 Å². The summed E-state index contributed by atoms with van der Waals surface area (Å²) in [6.45, 7) is 6.59. The molecule has 6 rings (SSSR count). The lowest BCUT2D eigenvalue weighted by atomic mass is 9.93. The monoisotopic (exact) mass is 560 g/mol. The van der Waals surface area contributed by atoms with Crippen molar-refractivity contribution in [2.24, 2.45) is 0 Å². The van der Waals surface area contributed by atoms with E-state index in [1.807, 2.05) is 60.8 Å². The average Bonchev–Trinajstić information content (AvgIpc) is 3.46. The second kappa shape index (κ2) is 11.1. The molecule has 0 bridgehead atoms. The lowest BCUT2D eigenvalue weighted by Gasteiger charge is -2.29. The highest BCUT2D eigenvalue weighted by Crippen LogP contribution is 2.45. The summed E-state index contributed by atoms with van der Waals surface area (Å²) in [6.07, 6.45) is 1.84. The highest BCUT2D eigenvalue weighted by Gasteiger charge is 2.43. The molecule has 1 aliphatic rings. The molecule has 3 aromatic carbocycles. The predicted octanol–water partition coefficient (Wildman–Crippen LogP) is 7.78. The quantitative estimate of drug-likeness (QED) is 0.205. The van der Waals surface area contributed by atoms with Crippen molar-refractivity contribution in [3.63, 3.8) is 0 Å². The summed E-state index contributed by atoms with van der Waals surface area (Å²) in [6, 6.07) is 31.9. The first-order valence-electron chi connectivity index (χ1n) is 13.6. The van der Waals surface area contributed by atoms with Gasteiger partial charge in [-0.15, -0.1) is 0 Å². The van der Waals surface area contributed by atoms with Crippen molar-refractivity contribution in [2.75, 3.05) is 12.0 Å². The van der Waals surface area contributed by atoms with Gasteiger partial charge in [0.1, 0.15) is 17.2 Å². The topological polar surface area (TPSA) is 51.6 Å². The lowest BCUT2D eigenvalue weighted by Crippen LogP contribution is -2.29. The van der Waals surface area contributed by atoms with Crippen LogP contribution >= 0.6 is 12.2 Å². The maximum absolute atomic E-state index is 6.09. The van der Waals surface area contributed by atoms with Crippen LogP contribution in [0.5, 0.6) is 17.2 Å². The second-order valence-electron chi connectivity index (χ2n) is 10.1. The van der Waals surface area contributed by atoms with Gasteiger partial charge in [0, 0.05) is 34.5 Å². The van der Waals surface area contributed by atoms with Crippen LogP contribution in [-0.4, -0.2) is 21.8 Å². The van der Waals surface area contributed by atoms with Gasteiger partial charge in [0.25, 0.3) is 0 Å². The van der Waals surface area contributed by atoms with Crippen LogP contribution in [0.2, 0.25) is 0 Å². The summed E-state index contributed by atoms with van der Waals surface area (Å²) in [5.41, 5.74) is 7.97. The number of methoxy groups -OCH3 is 1. The number of rotatable bonds is 7. The van der Waals surface area contributed by atoms with E-state index in [1.54, 1.807) is 7.11 Å². The first-order valence-corrected chi connectivity index (χ1v) is 14.0. The number of pyridine rings is 1. The van der Waals surface area contributed by atoms with Crippen molar-refractivity contribution in [3.05, 3.63) is 131 Å². The van der Waals surface area contributed by atoms with Crippen molar-refractivity contribution in [1.82, 2.24) is 14.9 Å². The molecular formula is C34H32N4O2S. The molecule has 1 fully saturated rings. The van der Waals surface area contributed by atoms with E-state index in [1.165, 1.54) is 22.5 Å². The van der Waals surface area contributed by atoms with Crippen LogP contribution < -0.4 is 19.7 Å². The van der Waals surface area contributed by atoms with E-state index in [4.69, 9.17) is 26.7 Å². The van der Waals surface area contributed by atoms with Gasteiger partial charge in [-0.3, -0.25) is 4.98 Å². The van der Waals surface area contributed by atoms with E-state index in [0.717, 1.165) is 34.3 Å². The standard InChI is InChI=1S/C34H32N4O2S/c1-22-23(2)37(25-10-6-5-7-11-25)24(3)31(22)33-32(30-12-8-9-21-35-30)36-34(41)38(33)26-13-15-28(16-14-26)40-29-19-17-27(39-4)18-20-29/h5-21,32-33H,1-4H3,(H,36,41)/t32-,33+/m0/s1. The minimum Gasteiger partial charge on any atom is -0.497 e. The van der Waals surface area contributed by atoms with Crippen LogP contribution in [-0.2, 0) is 0 Å². The van der Waals surface area contributed by atoms with Crippen molar-refractivity contribution < 1.29 is 9.47 Å². The molecule has 0 unspecified atom stereocenters. The molecule has 206 valence electrons. The van der Waals surface area contributed by atoms with Crippen LogP contribution in [0, 0.1) is 20.8 Å². The van der Waals surface area contributed by atoms with Crippen LogP contribution in [0.15, 0.2) is 103 Å². The number of nitrogens with zero attached hydrogens (tertiary/aromatic N) is 3. The summed E-state index contributed by atoms with van der Waals surface area (Å²) in [5.74, 6) is 2.28. The van der Waals surface area contributed by atoms with E-state index >= 15 is 0 Å². The second-order valence-corrected chi connectivity index (χ2v) is 10.5. The van der Waals surface area contributed by atoms with E-state index in [-0.39, 0.29) is 12.1 Å². The Morgan fingerprint density at radius 2 is 1.37 bits per heavy atom. The molecule has 3 heterocycles. The van der Waals surface area contributed by atoms with E-state index in [2.05, 4.69) is 78.0 Å². The maximum Gasteiger partial charge on any atom is 0.174 e. The highest BCUT2D eigenvalue weighted by molar-refractivity contribution is 7.80. The molecule has 1 N–H and O–H groups in total. The Hall–Kier alpha value is -4.62. The molecule has 0 amide bonds. The van der Waals surface area contributed by atoms with Gasteiger partial charge in [-0.05, 0) is 111 Å². The SMILES string of the molecule is COc1ccc(Oc2ccc(N3C(=S)N[C@@H](c4ccccn4)[C@H]3c3c(C)c(C)n(-c4ccccc4)c3C)cc2)cc1. The van der Waals surface area contributed by atoms with E-state index in [9.17, 15) is 0 Å². The van der Waals surface area contributed by atoms with Crippen LogP contribution in [0.25, 0.3) is 5.69 Å². The van der Waals surface area contributed by atoms with Gasteiger partial charge in [-0.2, -0.15) is 0 Å². The van der Waals surface area contributed by atoms with Gasteiger partial charge < -0.3 is 24.3 Å². The first kappa shape index (κ1) is 26.6. The number of nitrogens with one attached hydrogen (secondary N) is 1. The summed E-state index contributed by atoms with van der Waals surface area (Å²) >= 11 is 5.99. The van der Waals surface area contributed by atoms with Gasteiger partial charge in [0.15, 0.2) is 5.11 Å². The van der Waals surface area contributed by atoms with Crippen molar-refractivity contribution in [3.8, 4) is 22.9 Å². The van der Waals surface area contributed by atoms with Gasteiger partial charge in [-0.1, -0.05) is 24.3 Å². The third-order valence-electron chi connectivity index (χ3n) is 7.83. The third kappa shape index (κ3) is 4.93. The van der Waals surface area contributed by atoms with Gasteiger partial charge in [-0.25, -0.2) is 0 Å². The number of hydrogen-bond acceptors (Lipinski definition) is 4. The zero-order chi connectivity index (χ0) is 28.5. The molecule has 0 radical (unpaired) electrons. The molecule has 1 aliphatic heterocycles. The Balaban J connectivity index is 1.41. The largest absolute Gasteiger partial charge is 0.497 e. The van der Waals surface area contributed by atoms with Gasteiger partial charge >= 0.3 is 0 Å². The molecule has 1 saturated heterocycles. The summed E-state index contributed by atoms with van der Waals surface area (Å²) in [4.78, 5) is 6.95. The highest BCUT2D eigenvalue weighted by atomic mass is 32.1.